The average Bonchev–Trinajstić information content (AvgIpc) is 3.14. The van der Waals surface area contributed by atoms with Gasteiger partial charge in [0.15, 0.2) is 16.3 Å². The van der Waals surface area contributed by atoms with Crippen LogP contribution in [0.4, 0.5) is 0 Å². The van der Waals surface area contributed by atoms with Gasteiger partial charge in [-0.2, -0.15) is 0 Å². The highest BCUT2D eigenvalue weighted by Gasteiger charge is 2.35. The lowest BCUT2D eigenvalue weighted by molar-refractivity contribution is -0.139. The van der Waals surface area contributed by atoms with Gasteiger partial charge in [0.25, 0.3) is 5.56 Å². The lowest BCUT2D eigenvalue weighted by atomic mass is 9.95. The van der Waals surface area contributed by atoms with Crippen LogP contribution >= 0.6 is 38.9 Å². The number of carbonyl (C=O) groups is 1. The number of hydrogen-bond acceptors (Lipinski definition) is 7. The molecule has 1 aliphatic heterocycles. The molecule has 35 heavy (non-hydrogen) atoms. The summed E-state index contributed by atoms with van der Waals surface area (Å²) in [6, 6.07) is 9.90. The maximum atomic E-state index is 13.7. The Morgan fingerprint density at radius 2 is 1.86 bits per heavy atom. The van der Waals surface area contributed by atoms with E-state index in [1.807, 2.05) is 12.1 Å². The first-order valence-electron chi connectivity index (χ1n) is 10.7. The predicted molar refractivity (Wildman–Crippen MR) is 139 cm³/mol. The number of fused-ring (bicyclic) bond motifs is 1. The molecule has 182 valence electrons. The van der Waals surface area contributed by atoms with Gasteiger partial charge in [0.05, 0.1) is 42.7 Å². The van der Waals surface area contributed by atoms with Crippen molar-refractivity contribution in [3.63, 3.8) is 0 Å². The minimum Gasteiger partial charge on any atom is -0.493 e. The Kier molecular flexibility index (Phi) is 7.49. The van der Waals surface area contributed by atoms with Gasteiger partial charge in [0.1, 0.15) is 0 Å². The van der Waals surface area contributed by atoms with Crippen LogP contribution in [0.25, 0.3) is 6.08 Å². The fourth-order valence-corrected chi connectivity index (χ4v) is 5.59. The van der Waals surface area contributed by atoms with E-state index in [0.717, 1.165) is 5.56 Å². The van der Waals surface area contributed by atoms with E-state index in [2.05, 4.69) is 20.9 Å². The molecule has 0 amide bonds. The molecule has 0 N–H and O–H groups in total. The maximum Gasteiger partial charge on any atom is 0.338 e. The zero-order valence-corrected chi connectivity index (χ0v) is 22.6. The molecule has 2 aromatic carbocycles. The molecule has 10 heteroatoms. The number of methoxy groups -OCH3 is 2. The molecule has 3 aromatic rings. The van der Waals surface area contributed by atoms with Crippen LogP contribution < -0.4 is 24.4 Å². The second-order valence-electron chi connectivity index (χ2n) is 7.58. The molecule has 7 nitrogen and oxygen atoms in total. The zero-order valence-electron chi connectivity index (χ0n) is 19.4. The number of hydrogen-bond donors (Lipinski definition) is 0. The third kappa shape index (κ3) is 4.80. The summed E-state index contributed by atoms with van der Waals surface area (Å²) in [5.41, 5.74) is 1.95. The molecule has 0 saturated carbocycles. The Labute approximate surface area is 219 Å². The summed E-state index contributed by atoms with van der Waals surface area (Å²) >= 11 is 10.8. The normalized spacial score (nSPS) is 15.5. The largest absolute Gasteiger partial charge is 0.493 e. The van der Waals surface area contributed by atoms with Crippen molar-refractivity contribution < 1.29 is 19.0 Å². The van der Waals surface area contributed by atoms with Crippen LogP contribution in [-0.4, -0.2) is 31.4 Å². The van der Waals surface area contributed by atoms with E-state index in [0.29, 0.717) is 41.6 Å². The van der Waals surface area contributed by atoms with Crippen LogP contribution in [0.1, 0.15) is 31.0 Å². The Morgan fingerprint density at radius 3 is 2.49 bits per heavy atom. The summed E-state index contributed by atoms with van der Waals surface area (Å²) in [6.07, 6.45) is 1.78. The van der Waals surface area contributed by atoms with Crippen LogP contribution in [0.2, 0.25) is 5.02 Å². The van der Waals surface area contributed by atoms with E-state index in [-0.39, 0.29) is 17.7 Å². The molecule has 0 aliphatic carbocycles. The summed E-state index contributed by atoms with van der Waals surface area (Å²) in [5.74, 6) is 0.441. The third-order valence-corrected chi connectivity index (χ3v) is 7.40. The molecule has 0 saturated heterocycles. The highest BCUT2D eigenvalue weighted by molar-refractivity contribution is 9.10. The summed E-state index contributed by atoms with van der Waals surface area (Å²) in [6.45, 7) is 3.66. The molecule has 1 aromatic heterocycles. The molecule has 1 unspecified atom stereocenters. The van der Waals surface area contributed by atoms with Gasteiger partial charge in [-0.05, 0) is 55.3 Å². The Hall–Kier alpha value is -2.88. The average molecular weight is 578 g/mol. The minimum absolute atomic E-state index is 0.191. The van der Waals surface area contributed by atoms with Gasteiger partial charge in [0.2, 0.25) is 0 Å². The maximum absolute atomic E-state index is 13.7. The van der Waals surface area contributed by atoms with E-state index >= 15 is 0 Å². The summed E-state index contributed by atoms with van der Waals surface area (Å²) < 4.78 is 18.9. The van der Waals surface area contributed by atoms with Crippen molar-refractivity contribution in [3.8, 4) is 11.5 Å². The lowest BCUT2D eigenvalue weighted by Gasteiger charge is -2.26. The first-order valence-corrected chi connectivity index (χ1v) is 12.6. The van der Waals surface area contributed by atoms with Crippen LogP contribution in [-0.2, 0) is 9.53 Å². The van der Waals surface area contributed by atoms with Gasteiger partial charge in [0, 0.05) is 9.50 Å². The molecule has 2 heterocycles. The van der Waals surface area contributed by atoms with E-state index in [1.54, 1.807) is 44.2 Å². The number of ether oxygens (including phenoxy) is 3. The van der Waals surface area contributed by atoms with Gasteiger partial charge in [-0.1, -0.05) is 51.0 Å². The second-order valence-corrected chi connectivity index (χ2v) is 9.88. The highest BCUT2D eigenvalue weighted by Crippen LogP contribution is 2.40. The van der Waals surface area contributed by atoms with Gasteiger partial charge >= 0.3 is 5.97 Å². The van der Waals surface area contributed by atoms with Crippen LogP contribution in [0.5, 0.6) is 11.5 Å². The lowest BCUT2D eigenvalue weighted by Crippen LogP contribution is -2.40. The van der Waals surface area contributed by atoms with Gasteiger partial charge < -0.3 is 14.2 Å². The van der Waals surface area contributed by atoms with Gasteiger partial charge in [-0.3, -0.25) is 9.36 Å². The number of allylic oxidation sites excluding steroid dienone is 1. The fourth-order valence-electron chi connectivity index (χ4n) is 3.88. The zero-order chi connectivity index (χ0) is 25.3. The van der Waals surface area contributed by atoms with E-state index in [4.69, 9.17) is 25.8 Å². The highest BCUT2D eigenvalue weighted by atomic mass is 79.9. The number of esters is 1. The molecule has 0 spiro atoms. The molecule has 0 radical (unpaired) electrons. The summed E-state index contributed by atoms with van der Waals surface area (Å²) in [5, 5.41) is 0.608. The number of aromatic nitrogens is 1. The van der Waals surface area contributed by atoms with Crippen LogP contribution in [0.15, 0.2) is 61.9 Å². The number of nitrogens with zero attached hydrogens (tertiary/aromatic N) is 2. The Bertz CT molecular complexity index is 1510. The topological polar surface area (TPSA) is 79.1 Å². The quantitative estimate of drug-likeness (QED) is 0.410. The Morgan fingerprint density at radius 1 is 1.20 bits per heavy atom. The number of benzene rings is 2. The minimum atomic E-state index is -0.785. The third-order valence-electron chi connectivity index (χ3n) is 5.48. The second kappa shape index (κ2) is 10.4. The van der Waals surface area contributed by atoms with Crippen molar-refractivity contribution in [1.82, 2.24) is 4.57 Å². The van der Waals surface area contributed by atoms with Crippen molar-refractivity contribution in [2.45, 2.75) is 19.9 Å². The number of rotatable bonds is 6. The monoisotopic (exact) mass is 576 g/mol. The first kappa shape index (κ1) is 25.2. The van der Waals surface area contributed by atoms with Gasteiger partial charge in [-0.15, -0.1) is 0 Å². The molecular formula is C25H22BrClN2O5S. The van der Waals surface area contributed by atoms with Crippen LogP contribution in [0.3, 0.4) is 0 Å². The fraction of sp³-hybridized carbons (Fsp3) is 0.240. The summed E-state index contributed by atoms with van der Waals surface area (Å²) in [7, 11) is 3.07. The molecule has 1 aliphatic rings. The van der Waals surface area contributed by atoms with Crippen molar-refractivity contribution in [2.75, 3.05) is 20.8 Å². The molecular weight excluding hydrogens is 556 g/mol. The van der Waals surface area contributed by atoms with Gasteiger partial charge in [-0.25, -0.2) is 9.79 Å². The number of carbonyl (C=O) groups excluding carboxylic acids is 1. The van der Waals surface area contributed by atoms with E-state index in [9.17, 15) is 9.59 Å². The molecule has 0 fully saturated rings. The van der Waals surface area contributed by atoms with Crippen LogP contribution in [0, 0.1) is 0 Å². The number of halogens is 2. The molecule has 1 atom stereocenters. The molecule has 4 rings (SSSR count). The smallest absolute Gasteiger partial charge is 0.338 e. The predicted octanol–water partition coefficient (Wildman–Crippen LogP) is 4.23. The molecule has 0 bridgehead atoms. The van der Waals surface area contributed by atoms with Crippen molar-refractivity contribution in [2.24, 2.45) is 4.99 Å². The van der Waals surface area contributed by atoms with Crippen molar-refractivity contribution in [3.05, 3.63) is 88.0 Å². The van der Waals surface area contributed by atoms with Crippen molar-refractivity contribution >= 4 is 50.9 Å². The summed E-state index contributed by atoms with van der Waals surface area (Å²) in [4.78, 5) is 31.9. The standard InChI is InChI=1S/C25H22BrClN2O5S/c1-5-34-24(31)21-13(2)28-25-29(22(21)16-11-18(32-3)19(33-4)12-17(16)26)23(30)20(35-25)10-14-6-8-15(27)9-7-14/h6-12,22H,5H2,1-4H3/b20-10-. The van der Waals surface area contributed by atoms with E-state index < -0.39 is 12.0 Å². The van der Waals surface area contributed by atoms with Crippen molar-refractivity contribution in [1.29, 1.82) is 0 Å². The SMILES string of the molecule is CCOC(=O)C1=C(C)N=c2s/c(=C\c3ccc(Cl)cc3)c(=O)n2C1c1cc(OC)c(OC)cc1Br. The van der Waals surface area contributed by atoms with E-state index in [1.165, 1.54) is 30.1 Å². The Balaban J connectivity index is 2.01. The first-order chi connectivity index (χ1) is 16.8. The number of thiazole rings is 1.